The number of rotatable bonds is 3. The lowest BCUT2D eigenvalue weighted by Crippen LogP contribution is -2.33. The van der Waals surface area contributed by atoms with E-state index < -0.39 is 0 Å². The molecule has 0 spiro atoms. The third-order valence-electron chi connectivity index (χ3n) is 4.34. The Kier molecular flexibility index (Phi) is 3.02. The summed E-state index contributed by atoms with van der Waals surface area (Å²) in [6, 6.07) is 3.88. The molecule has 0 bridgehead atoms. The van der Waals surface area contributed by atoms with Crippen molar-refractivity contribution < 1.29 is 4.52 Å². The Bertz CT molecular complexity index is 611. The van der Waals surface area contributed by atoms with Crippen LogP contribution in [0.2, 0.25) is 0 Å². The first-order valence-electron chi connectivity index (χ1n) is 7.59. The second-order valence-electron chi connectivity index (χ2n) is 5.98. The third-order valence-corrected chi connectivity index (χ3v) is 4.34. The van der Waals surface area contributed by atoms with Gasteiger partial charge in [-0.05, 0) is 37.8 Å². The molecule has 1 saturated heterocycles. The van der Waals surface area contributed by atoms with Gasteiger partial charge in [0.15, 0.2) is 5.82 Å². The van der Waals surface area contributed by atoms with E-state index >= 15 is 0 Å². The lowest BCUT2D eigenvalue weighted by Gasteiger charge is -2.31. The average Bonchev–Trinajstić information content (AvgIpc) is 3.26. The summed E-state index contributed by atoms with van der Waals surface area (Å²) in [4.78, 5) is 11.2. The van der Waals surface area contributed by atoms with Crippen LogP contribution in [0.1, 0.15) is 49.2 Å². The van der Waals surface area contributed by atoms with E-state index in [1.807, 2.05) is 12.1 Å². The SMILES string of the molecule is Nc1ccc(N2CCC(c3nc(C4CC4)no3)CC2)nc1. The van der Waals surface area contributed by atoms with Crippen molar-refractivity contribution in [1.29, 1.82) is 0 Å². The fourth-order valence-corrected chi connectivity index (χ4v) is 2.86. The van der Waals surface area contributed by atoms with Gasteiger partial charge in [0.05, 0.1) is 11.9 Å². The van der Waals surface area contributed by atoms with Crippen LogP contribution in [0.15, 0.2) is 22.9 Å². The minimum Gasteiger partial charge on any atom is -0.397 e. The summed E-state index contributed by atoms with van der Waals surface area (Å²) in [5, 5.41) is 4.11. The number of hydrogen-bond donors (Lipinski definition) is 1. The predicted octanol–water partition coefficient (Wildman–Crippen LogP) is 2.31. The number of piperidine rings is 1. The molecule has 2 N–H and O–H groups in total. The Labute approximate surface area is 123 Å². The minimum atomic E-state index is 0.384. The predicted molar refractivity (Wildman–Crippen MR) is 79.1 cm³/mol. The Morgan fingerprint density at radius 1 is 1.10 bits per heavy atom. The van der Waals surface area contributed by atoms with Gasteiger partial charge >= 0.3 is 0 Å². The summed E-state index contributed by atoms with van der Waals surface area (Å²) < 4.78 is 5.45. The van der Waals surface area contributed by atoms with Gasteiger partial charge in [0, 0.05) is 24.9 Å². The molecule has 0 unspecified atom stereocenters. The molecular formula is C15H19N5O. The van der Waals surface area contributed by atoms with Gasteiger partial charge in [-0.1, -0.05) is 5.16 Å². The summed E-state index contributed by atoms with van der Waals surface area (Å²) in [6.45, 7) is 1.92. The van der Waals surface area contributed by atoms with E-state index in [0.717, 1.165) is 43.5 Å². The van der Waals surface area contributed by atoms with Gasteiger partial charge in [0.1, 0.15) is 5.82 Å². The normalized spacial score (nSPS) is 19.9. The van der Waals surface area contributed by atoms with Crippen LogP contribution in [-0.4, -0.2) is 28.2 Å². The molecular weight excluding hydrogens is 266 g/mol. The van der Waals surface area contributed by atoms with Crippen LogP contribution in [0.3, 0.4) is 0 Å². The van der Waals surface area contributed by atoms with Crippen LogP contribution < -0.4 is 10.6 Å². The average molecular weight is 285 g/mol. The summed E-state index contributed by atoms with van der Waals surface area (Å²) in [6.07, 6.45) is 6.18. The number of pyridine rings is 1. The fourth-order valence-electron chi connectivity index (χ4n) is 2.86. The number of aromatic nitrogens is 3. The van der Waals surface area contributed by atoms with Crippen LogP contribution in [-0.2, 0) is 0 Å². The second kappa shape index (κ2) is 5.02. The van der Waals surface area contributed by atoms with Crippen molar-refractivity contribution >= 4 is 11.5 Å². The molecule has 2 aromatic rings. The van der Waals surface area contributed by atoms with Gasteiger partial charge in [0.2, 0.25) is 5.89 Å². The number of hydrogen-bond acceptors (Lipinski definition) is 6. The highest BCUT2D eigenvalue weighted by Crippen LogP contribution is 2.39. The second-order valence-corrected chi connectivity index (χ2v) is 5.98. The van der Waals surface area contributed by atoms with Crippen molar-refractivity contribution in [3.8, 4) is 0 Å². The smallest absolute Gasteiger partial charge is 0.229 e. The van der Waals surface area contributed by atoms with Crippen molar-refractivity contribution in [1.82, 2.24) is 15.1 Å². The molecule has 2 aliphatic rings. The van der Waals surface area contributed by atoms with E-state index in [9.17, 15) is 0 Å². The lowest BCUT2D eigenvalue weighted by molar-refractivity contribution is 0.326. The number of nitrogens with two attached hydrogens (primary N) is 1. The highest BCUT2D eigenvalue weighted by atomic mass is 16.5. The first kappa shape index (κ1) is 12.6. The van der Waals surface area contributed by atoms with Crippen LogP contribution in [0.4, 0.5) is 11.5 Å². The van der Waals surface area contributed by atoms with Crippen molar-refractivity contribution in [2.45, 2.75) is 37.5 Å². The maximum atomic E-state index is 5.68. The molecule has 2 fully saturated rings. The molecule has 21 heavy (non-hydrogen) atoms. The molecule has 3 heterocycles. The maximum Gasteiger partial charge on any atom is 0.229 e. The maximum absolute atomic E-state index is 5.68. The van der Waals surface area contributed by atoms with E-state index in [2.05, 4.69) is 20.0 Å². The third kappa shape index (κ3) is 2.57. The Balaban J connectivity index is 1.40. The Morgan fingerprint density at radius 2 is 1.90 bits per heavy atom. The van der Waals surface area contributed by atoms with Crippen LogP contribution in [0.25, 0.3) is 0 Å². The molecule has 0 radical (unpaired) electrons. The number of anilines is 2. The van der Waals surface area contributed by atoms with E-state index in [0.29, 0.717) is 17.5 Å². The lowest BCUT2D eigenvalue weighted by atomic mass is 9.97. The van der Waals surface area contributed by atoms with E-state index in [4.69, 9.17) is 10.3 Å². The molecule has 0 amide bonds. The minimum absolute atomic E-state index is 0.384. The van der Waals surface area contributed by atoms with Crippen molar-refractivity contribution in [2.75, 3.05) is 23.7 Å². The molecule has 2 aromatic heterocycles. The molecule has 4 rings (SSSR count). The topological polar surface area (TPSA) is 81.1 Å². The van der Waals surface area contributed by atoms with E-state index in [-0.39, 0.29) is 0 Å². The van der Waals surface area contributed by atoms with E-state index in [1.165, 1.54) is 12.8 Å². The highest BCUT2D eigenvalue weighted by molar-refractivity contribution is 5.46. The van der Waals surface area contributed by atoms with Crippen LogP contribution in [0, 0.1) is 0 Å². The van der Waals surface area contributed by atoms with Crippen molar-refractivity contribution in [3.05, 3.63) is 30.0 Å². The summed E-state index contributed by atoms with van der Waals surface area (Å²) >= 11 is 0. The number of nitrogens with zero attached hydrogens (tertiary/aromatic N) is 4. The molecule has 0 atom stereocenters. The summed E-state index contributed by atoms with van der Waals surface area (Å²) in [5.41, 5.74) is 6.38. The van der Waals surface area contributed by atoms with Gasteiger partial charge in [0.25, 0.3) is 0 Å². The molecule has 1 saturated carbocycles. The molecule has 6 nitrogen and oxygen atoms in total. The zero-order valence-electron chi connectivity index (χ0n) is 11.9. The Hall–Kier alpha value is -2.11. The summed E-state index contributed by atoms with van der Waals surface area (Å²) in [5.74, 6) is 3.66. The van der Waals surface area contributed by atoms with Crippen molar-refractivity contribution in [2.24, 2.45) is 0 Å². The van der Waals surface area contributed by atoms with Crippen LogP contribution in [0.5, 0.6) is 0 Å². The van der Waals surface area contributed by atoms with Gasteiger partial charge in [-0.25, -0.2) is 4.98 Å². The fraction of sp³-hybridized carbons (Fsp3) is 0.533. The molecule has 1 aliphatic carbocycles. The molecule has 0 aromatic carbocycles. The highest BCUT2D eigenvalue weighted by Gasteiger charge is 2.31. The van der Waals surface area contributed by atoms with Gasteiger partial charge < -0.3 is 15.2 Å². The summed E-state index contributed by atoms with van der Waals surface area (Å²) in [7, 11) is 0. The van der Waals surface area contributed by atoms with Gasteiger partial charge in [-0.3, -0.25) is 0 Å². The monoisotopic (exact) mass is 285 g/mol. The van der Waals surface area contributed by atoms with Gasteiger partial charge in [-0.2, -0.15) is 4.98 Å². The molecule has 6 heteroatoms. The first-order chi connectivity index (χ1) is 10.3. The standard InChI is InChI=1S/C15H19N5O/c16-12-3-4-13(17-9-12)20-7-5-11(6-8-20)15-18-14(19-21-15)10-1-2-10/h3-4,9-11H,1-2,5-8,16H2. The quantitative estimate of drug-likeness (QED) is 0.932. The zero-order valence-corrected chi connectivity index (χ0v) is 11.9. The first-order valence-corrected chi connectivity index (χ1v) is 7.59. The van der Waals surface area contributed by atoms with Crippen molar-refractivity contribution in [3.63, 3.8) is 0 Å². The van der Waals surface area contributed by atoms with E-state index in [1.54, 1.807) is 6.20 Å². The zero-order chi connectivity index (χ0) is 14.2. The molecule has 1 aliphatic heterocycles. The number of nitrogen functional groups attached to an aromatic ring is 1. The molecule has 110 valence electrons. The largest absolute Gasteiger partial charge is 0.397 e. The van der Waals surface area contributed by atoms with Gasteiger partial charge in [-0.15, -0.1) is 0 Å². The van der Waals surface area contributed by atoms with Crippen LogP contribution >= 0.6 is 0 Å². The Morgan fingerprint density at radius 3 is 2.57 bits per heavy atom.